The molecule has 9 nitrogen and oxygen atoms in total. The van der Waals surface area contributed by atoms with E-state index in [-0.39, 0.29) is 29.7 Å². The van der Waals surface area contributed by atoms with Crippen molar-refractivity contribution in [3.63, 3.8) is 0 Å². The number of nitrogens with zero attached hydrogens (tertiary/aromatic N) is 2. The van der Waals surface area contributed by atoms with E-state index >= 15 is 0 Å². The second kappa shape index (κ2) is 13.4. The quantitative estimate of drug-likeness (QED) is 0.464. The Morgan fingerprint density at radius 2 is 1.68 bits per heavy atom. The highest BCUT2D eigenvalue weighted by Gasteiger charge is 2.17. The summed E-state index contributed by atoms with van der Waals surface area (Å²) in [7, 11) is 0. The first-order valence-electron chi connectivity index (χ1n) is 11.9. The molecular formula is C24H34FN7O2. The van der Waals surface area contributed by atoms with E-state index < -0.39 is 6.04 Å². The molecule has 1 atom stereocenters. The van der Waals surface area contributed by atoms with Crippen molar-refractivity contribution < 1.29 is 14.0 Å². The van der Waals surface area contributed by atoms with Gasteiger partial charge in [0.05, 0.1) is 6.04 Å². The Kier molecular flexibility index (Phi) is 10.0. The van der Waals surface area contributed by atoms with Crippen LogP contribution in [0.25, 0.3) is 0 Å². The third kappa shape index (κ3) is 8.26. The van der Waals surface area contributed by atoms with Gasteiger partial charge in [0.1, 0.15) is 17.2 Å². The fourth-order valence-electron chi connectivity index (χ4n) is 3.62. The van der Waals surface area contributed by atoms with Gasteiger partial charge in [-0.2, -0.15) is 4.98 Å². The SMILES string of the molecule is N[C@H]1CCNc2nc(ncc2C(=O)NCc2ccc(F)cc2)NCCCCCCCCNC1=O. The van der Waals surface area contributed by atoms with Gasteiger partial charge in [-0.05, 0) is 37.0 Å². The van der Waals surface area contributed by atoms with Gasteiger partial charge in [-0.25, -0.2) is 9.37 Å². The monoisotopic (exact) mass is 471 g/mol. The van der Waals surface area contributed by atoms with Crippen molar-refractivity contribution in [2.75, 3.05) is 30.3 Å². The average molecular weight is 472 g/mol. The minimum atomic E-state index is -0.651. The zero-order chi connectivity index (χ0) is 24.2. The van der Waals surface area contributed by atoms with Crippen molar-refractivity contribution >= 4 is 23.6 Å². The topological polar surface area (TPSA) is 134 Å². The molecule has 0 radical (unpaired) electrons. The lowest BCUT2D eigenvalue weighted by Gasteiger charge is -2.16. The van der Waals surface area contributed by atoms with Crippen LogP contribution in [0.3, 0.4) is 0 Å². The van der Waals surface area contributed by atoms with Crippen LogP contribution in [0.5, 0.6) is 0 Å². The Bertz CT molecular complexity index is 939. The molecule has 0 saturated carbocycles. The van der Waals surface area contributed by atoms with Crippen LogP contribution >= 0.6 is 0 Å². The smallest absolute Gasteiger partial charge is 0.256 e. The van der Waals surface area contributed by atoms with E-state index in [1.54, 1.807) is 12.1 Å². The molecule has 1 aromatic heterocycles. The molecule has 2 bridgehead atoms. The second-order valence-electron chi connectivity index (χ2n) is 8.43. The summed E-state index contributed by atoms with van der Waals surface area (Å²) in [6.45, 7) is 1.98. The fourth-order valence-corrected chi connectivity index (χ4v) is 3.62. The number of carbonyl (C=O) groups is 2. The molecule has 34 heavy (non-hydrogen) atoms. The highest BCUT2D eigenvalue weighted by Crippen LogP contribution is 2.15. The predicted molar refractivity (Wildman–Crippen MR) is 130 cm³/mol. The maximum atomic E-state index is 13.1. The zero-order valence-corrected chi connectivity index (χ0v) is 19.4. The molecule has 2 aromatic rings. The van der Waals surface area contributed by atoms with Crippen LogP contribution in [0.4, 0.5) is 16.2 Å². The lowest BCUT2D eigenvalue weighted by molar-refractivity contribution is -0.122. The summed E-state index contributed by atoms with van der Waals surface area (Å²) >= 11 is 0. The number of carbonyl (C=O) groups excluding carboxylic acids is 2. The van der Waals surface area contributed by atoms with Gasteiger partial charge in [0, 0.05) is 32.4 Å². The Balaban J connectivity index is 1.68. The van der Waals surface area contributed by atoms with Gasteiger partial charge in [-0.3, -0.25) is 9.59 Å². The summed E-state index contributed by atoms with van der Waals surface area (Å²) in [5.41, 5.74) is 7.08. The number of aromatic nitrogens is 2. The van der Waals surface area contributed by atoms with E-state index in [1.165, 1.54) is 18.3 Å². The number of benzene rings is 1. The summed E-state index contributed by atoms with van der Waals surface area (Å²) in [4.78, 5) is 33.8. The third-order valence-electron chi connectivity index (χ3n) is 5.67. The third-order valence-corrected chi connectivity index (χ3v) is 5.67. The number of nitrogens with two attached hydrogens (primary N) is 1. The van der Waals surface area contributed by atoms with Crippen molar-refractivity contribution in [2.45, 2.75) is 57.5 Å². The van der Waals surface area contributed by atoms with Crippen molar-refractivity contribution in [1.82, 2.24) is 20.6 Å². The van der Waals surface area contributed by atoms with E-state index in [9.17, 15) is 14.0 Å². The summed E-state index contributed by atoms with van der Waals surface area (Å²) in [5.74, 6) is -0.0709. The number of rotatable bonds is 3. The van der Waals surface area contributed by atoms with Gasteiger partial charge in [0.15, 0.2) is 0 Å². The highest BCUT2D eigenvalue weighted by molar-refractivity contribution is 5.98. The number of amides is 2. The molecule has 1 aromatic carbocycles. The number of anilines is 2. The summed E-state index contributed by atoms with van der Waals surface area (Å²) in [5, 5.41) is 12.1. The number of fused-ring (bicyclic) bond motifs is 2. The molecule has 10 heteroatoms. The van der Waals surface area contributed by atoms with E-state index in [1.807, 2.05) is 0 Å². The van der Waals surface area contributed by atoms with Gasteiger partial charge >= 0.3 is 0 Å². The predicted octanol–water partition coefficient (Wildman–Crippen LogP) is 2.56. The van der Waals surface area contributed by atoms with E-state index in [0.717, 1.165) is 50.6 Å². The molecule has 0 unspecified atom stereocenters. The van der Waals surface area contributed by atoms with Gasteiger partial charge in [-0.1, -0.05) is 37.8 Å². The van der Waals surface area contributed by atoms with Crippen LogP contribution in [-0.4, -0.2) is 47.5 Å². The standard InChI is InChI=1S/C24H34FN7O2/c25-18-9-7-17(8-10-18)15-30-22(33)19-16-31-24-29-13-6-4-2-1-3-5-12-28-23(34)20(26)11-14-27-21(19)32-24/h7-10,16,20H,1-6,11-15,26H2,(H,28,34)(H,30,33)(H2,27,29,31,32)/t20-/m0/s1. The average Bonchev–Trinajstić information content (AvgIpc) is 2.84. The molecule has 1 aliphatic rings. The van der Waals surface area contributed by atoms with Crippen LogP contribution < -0.4 is 27.0 Å². The molecule has 0 fully saturated rings. The molecule has 184 valence electrons. The van der Waals surface area contributed by atoms with E-state index in [4.69, 9.17) is 5.73 Å². The molecule has 6 N–H and O–H groups in total. The van der Waals surface area contributed by atoms with Gasteiger partial charge < -0.3 is 27.0 Å². The largest absolute Gasteiger partial charge is 0.369 e. The Labute approximate surface area is 199 Å². The normalized spacial score (nSPS) is 18.4. The first kappa shape index (κ1) is 25.4. The minimum absolute atomic E-state index is 0.176. The molecule has 0 aliphatic carbocycles. The molecule has 3 rings (SSSR count). The molecular weight excluding hydrogens is 437 g/mol. The zero-order valence-electron chi connectivity index (χ0n) is 19.4. The molecule has 0 spiro atoms. The number of hydrogen-bond acceptors (Lipinski definition) is 7. The van der Waals surface area contributed by atoms with Crippen LogP contribution in [0.15, 0.2) is 30.5 Å². The van der Waals surface area contributed by atoms with Crippen LogP contribution in [0, 0.1) is 5.82 Å². The molecule has 2 heterocycles. The number of halogens is 1. The Morgan fingerprint density at radius 1 is 1.00 bits per heavy atom. The lowest BCUT2D eigenvalue weighted by Crippen LogP contribution is -2.42. The Morgan fingerprint density at radius 3 is 2.41 bits per heavy atom. The fraction of sp³-hybridized carbons (Fsp3) is 0.500. The van der Waals surface area contributed by atoms with Gasteiger partial charge in [0.2, 0.25) is 11.9 Å². The summed E-state index contributed by atoms with van der Waals surface area (Å²) < 4.78 is 13.1. The highest BCUT2D eigenvalue weighted by atomic mass is 19.1. The second-order valence-corrected chi connectivity index (χ2v) is 8.43. The van der Waals surface area contributed by atoms with Crippen molar-refractivity contribution in [3.05, 3.63) is 47.4 Å². The first-order chi connectivity index (χ1) is 16.5. The number of hydrogen-bond donors (Lipinski definition) is 5. The molecule has 2 amide bonds. The molecule has 1 aliphatic heterocycles. The van der Waals surface area contributed by atoms with Crippen molar-refractivity contribution in [2.24, 2.45) is 5.73 Å². The summed E-state index contributed by atoms with van der Waals surface area (Å²) in [6.07, 6.45) is 8.25. The minimum Gasteiger partial charge on any atom is -0.369 e. The lowest BCUT2D eigenvalue weighted by atomic mass is 10.1. The first-order valence-corrected chi connectivity index (χ1v) is 11.9. The Hall–Kier alpha value is -3.27. The van der Waals surface area contributed by atoms with Gasteiger partial charge in [0.25, 0.3) is 5.91 Å². The van der Waals surface area contributed by atoms with Crippen molar-refractivity contribution in [1.29, 1.82) is 0 Å². The van der Waals surface area contributed by atoms with Crippen LogP contribution in [0.2, 0.25) is 0 Å². The van der Waals surface area contributed by atoms with Crippen LogP contribution in [0.1, 0.15) is 60.9 Å². The van der Waals surface area contributed by atoms with E-state index in [2.05, 4.69) is 31.2 Å². The number of nitrogens with one attached hydrogen (secondary N) is 4. The molecule has 0 saturated heterocycles. The van der Waals surface area contributed by atoms with E-state index in [0.29, 0.717) is 31.3 Å². The van der Waals surface area contributed by atoms with Crippen LogP contribution in [-0.2, 0) is 11.3 Å². The van der Waals surface area contributed by atoms with Crippen molar-refractivity contribution in [3.8, 4) is 0 Å². The van der Waals surface area contributed by atoms with Gasteiger partial charge in [-0.15, -0.1) is 0 Å². The maximum absolute atomic E-state index is 13.1. The maximum Gasteiger partial charge on any atom is 0.256 e. The summed E-state index contributed by atoms with van der Waals surface area (Å²) in [6, 6.07) is 5.27.